The van der Waals surface area contributed by atoms with Gasteiger partial charge in [-0.25, -0.2) is 4.39 Å². The second kappa shape index (κ2) is 8.17. The van der Waals surface area contributed by atoms with Crippen LogP contribution in [0, 0.1) is 12.7 Å². The number of ether oxygens (including phenoxy) is 2. The van der Waals surface area contributed by atoms with Gasteiger partial charge in [-0.2, -0.15) is 0 Å². The van der Waals surface area contributed by atoms with Crippen LogP contribution in [0.4, 0.5) is 4.39 Å². The molecule has 2 aromatic rings. The summed E-state index contributed by atoms with van der Waals surface area (Å²) in [5, 5.41) is 2.74. The normalized spacial score (nSPS) is 11.6. The molecule has 1 amide bonds. The van der Waals surface area contributed by atoms with E-state index >= 15 is 0 Å². The minimum Gasteiger partial charge on any atom is -0.491 e. The van der Waals surface area contributed by atoms with Crippen molar-refractivity contribution in [2.45, 2.75) is 20.0 Å². The van der Waals surface area contributed by atoms with E-state index in [0.717, 1.165) is 11.3 Å². The van der Waals surface area contributed by atoms with Crippen LogP contribution >= 0.6 is 0 Å². The third-order valence-electron chi connectivity index (χ3n) is 3.25. The van der Waals surface area contributed by atoms with Gasteiger partial charge < -0.3 is 14.8 Å². The molecule has 0 spiro atoms. The van der Waals surface area contributed by atoms with Gasteiger partial charge in [0.25, 0.3) is 5.91 Å². The molecule has 2 aromatic carbocycles. The first-order chi connectivity index (χ1) is 11.1. The number of carbonyl (C=O) groups is 1. The number of nitrogens with one attached hydrogen (secondary N) is 1. The number of hydrogen-bond donors (Lipinski definition) is 1. The van der Waals surface area contributed by atoms with Crippen LogP contribution in [0.1, 0.15) is 12.5 Å². The minimum absolute atomic E-state index is 0.247. The minimum atomic E-state index is -0.668. The third kappa shape index (κ3) is 5.29. The molecule has 0 aliphatic carbocycles. The lowest BCUT2D eigenvalue weighted by Gasteiger charge is -2.15. The topological polar surface area (TPSA) is 47.6 Å². The van der Waals surface area contributed by atoms with E-state index in [2.05, 4.69) is 5.32 Å². The van der Waals surface area contributed by atoms with E-state index in [1.807, 2.05) is 31.2 Å². The lowest BCUT2D eigenvalue weighted by Crippen LogP contribution is -2.38. The molecule has 4 nitrogen and oxygen atoms in total. The number of rotatable bonds is 7. The molecule has 0 fully saturated rings. The lowest BCUT2D eigenvalue weighted by molar-refractivity contribution is -0.127. The lowest BCUT2D eigenvalue weighted by atomic mass is 10.2. The third-order valence-corrected chi connectivity index (χ3v) is 3.25. The fourth-order valence-electron chi connectivity index (χ4n) is 1.97. The van der Waals surface area contributed by atoms with Gasteiger partial charge in [-0.05, 0) is 49.7 Å². The maximum atomic E-state index is 12.8. The van der Waals surface area contributed by atoms with Crippen LogP contribution in [-0.2, 0) is 4.79 Å². The van der Waals surface area contributed by atoms with Crippen LogP contribution in [0.3, 0.4) is 0 Å². The second-order valence-electron chi connectivity index (χ2n) is 5.12. The van der Waals surface area contributed by atoms with Crippen molar-refractivity contribution in [2.24, 2.45) is 0 Å². The van der Waals surface area contributed by atoms with Gasteiger partial charge in [-0.3, -0.25) is 4.79 Å². The first-order valence-corrected chi connectivity index (χ1v) is 7.44. The Morgan fingerprint density at radius 3 is 2.57 bits per heavy atom. The predicted molar refractivity (Wildman–Crippen MR) is 86.2 cm³/mol. The molecule has 0 aliphatic heterocycles. The quantitative estimate of drug-likeness (QED) is 0.798. The van der Waals surface area contributed by atoms with Crippen molar-refractivity contribution in [1.82, 2.24) is 5.32 Å². The average Bonchev–Trinajstić information content (AvgIpc) is 2.55. The van der Waals surface area contributed by atoms with Crippen molar-refractivity contribution in [3.05, 3.63) is 59.9 Å². The van der Waals surface area contributed by atoms with Gasteiger partial charge in [0.1, 0.15) is 23.9 Å². The second-order valence-corrected chi connectivity index (χ2v) is 5.12. The number of amides is 1. The predicted octanol–water partition coefficient (Wildman–Crippen LogP) is 3.10. The molecule has 23 heavy (non-hydrogen) atoms. The standard InChI is InChI=1S/C18H20FNO3/c1-13-5-3-4-6-17(13)22-12-11-20-18(21)14(2)23-16-9-7-15(19)8-10-16/h3-10,14H,11-12H2,1-2H3,(H,20,21). The molecule has 0 radical (unpaired) electrons. The van der Waals surface area contributed by atoms with Crippen molar-refractivity contribution in [3.8, 4) is 11.5 Å². The Kier molecular flexibility index (Phi) is 5.97. The Morgan fingerprint density at radius 1 is 1.17 bits per heavy atom. The maximum absolute atomic E-state index is 12.8. The summed E-state index contributed by atoms with van der Waals surface area (Å²) in [6.07, 6.45) is -0.668. The molecule has 0 saturated carbocycles. The highest BCUT2D eigenvalue weighted by Crippen LogP contribution is 2.15. The van der Waals surface area contributed by atoms with Crippen LogP contribution in [0.5, 0.6) is 11.5 Å². The zero-order valence-corrected chi connectivity index (χ0v) is 13.2. The van der Waals surface area contributed by atoms with Gasteiger partial charge in [0.05, 0.1) is 6.54 Å². The van der Waals surface area contributed by atoms with E-state index < -0.39 is 6.10 Å². The fraction of sp³-hybridized carbons (Fsp3) is 0.278. The summed E-state index contributed by atoms with van der Waals surface area (Å²) in [6, 6.07) is 13.2. The highest BCUT2D eigenvalue weighted by molar-refractivity contribution is 5.80. The molecule has 0 aromatic heterocycles. The maximum Gasteiger partial charge on any atom is 0.260 e. The van der Waals surface area contributed by atoms with Gasteiger partial charge in [-0.1, -0.05) is 18.2 Å². The van der Waals surface area contributed by atoms with Gasteiger partial charge in [-0.15, -0.1) is 0 Å². The molecular formula is C18H20FNO3. The molecule has 1 unspecified atom stereocenters. The first kappa shape index (κ1) is 16.8. The summed E-state index contributed by atoms with van der Waals surface area (Å²) in [6.45, 7) is 4.36. The first-order valence-electron chi connectivity index (χ1n) is 7.44. The van der Waals surface area contributed by atoms with Gasteiger partial charge in [0.15, 0.2) is 6.10 Å². The zero-order valence-electron chi connectivity index (χ0n) is 13.2. The van der Waals surface area contributed by atoms with Crippen molar-refractivity contribution in [1.29, 1.82) is 0 Å². The van der Waals surface area contributed by atoms with Crippen LogP contribution in [0.15, 0.2) is 48.5 Å². The Bertz CT molecular complexity index is 643. The Balaban J connectivity index is 1.72. The molecular weight excluding hydrogens is 297 g/mol. The molecule has 5 heteroatoms. The average molecular weight is 317 g/mol. The summed E-state index contributed by atoms with van der Waals surface area (Å²) in [7, 11) is 0. The summed E-state index contributed by atoms with van der Waals surface area (Å²) in [5.41, 5.74) is 1.05. The van der Waals surface area contributed by atoms with E-state index in [-0.39, 0.29) is 11.7 Å². The molecule has 1 atom stereocenters. The Hall–Kier alpha value is -2.56. The molecule has 0 saturated heterocycles. The van der Waals surface area contributed by atoms with E-state index in [0.29, 0.717) is 18.9 Å². The SMILES string of the molecule is Cc1ccccc1OCCNC(=O)C(C)Oc1ccc(F)cc1. The van der Waals surface area contributed by atoms with E-state index in [1.165, 1.54) is 24.3 Å². The highest BCUT2D eigenvalue weighted by Gasteiger charge is 2.14. The molecule has 0 heterocycles. The monoisotopic (exact) mass is 317 g/mol. The largest absolute Gasteiger partial charge is 0.491 e. The van der Waals surface area contributed by atoms with Crippen molar-refractivity contribution < 1.29 is 18.7 Å². The number of para-hydroxylation sites is 1. The summed E-state index contributed by atoms with van der Waals surface area (Å²) >= 11 is 0. The van der Waals surface area contributed by atoms with E-state index in [1.54, 1.807) is 6.92 Å². The Morgan fingerprint density at radius 2 is 1.87 bits per heavy atom. The van der Waals surface area contributed by atoms with Gasteiger partial charge in [0, 0.05) is 0 Å². The Labute approximate surface area is 135 Å². The smallest absolute Gasteiger partial charge is 0.260 e. The fourth-order valence-corrected chi connectivity index (χ4v) is 1.97. The van der Waals surface area contributed by atoms with Crippen molar-refractivity contribution in [2.75, 3.05) is 13.2 Å². The molecule has 0 bridgehead atoms. The van der Waals surface area contributed by atoms with Crippen molar-refractivity contribution in [3.63, 3.8) is 0 Å². The van der Waals surface area contributed by atoms with Crippen LogP contribution in [-0.4, -0.2) is 25.2 Å². The molecule has 1 N–H and O–H groups in total. The van der Waals surface area contributed by atoms with Crippen LogP contribution < -0.4 is 14.8 Å². The number of aryl methyl sites for hydroxylation is 1. The van der Waals surface area contributed by atoms with E-state index in [9.17, 15) is 9.18 Å². The van der Waals surface area contributed by atoms with Crippen molar-refractivity contribution >= 4 is 5.91 Å². The molecule has 0 aliphatic rings. The summed E-state index contributed by atoms with van der Waals surface area (Å²) in [4.78, 5) is 11.9. The number of hydrogen-bond acceptors (Lipinski definition) is 3. The van der Waals surface area contributed by atoms with Gasteiger partial charge in [0.2, 0.25) is 0 Å². The van der Waals surface area contributed by atoms with Crippen LogP contribution in [0.2, 0.25) is 0 Å². The molecule has 2 rings (SSSR count). The van der Waals surface area contributed by atoms with E-state index in [4.69, 9.17) is 9.47 Å². The number of carbonyl (C=O) groups excluding carboxylic acids is 1. The van der Waals surface area contributed by atoms with Gasteiger partial charge >= 0.3 is 0 Å². The molecule has 122 valence electrons. The number of benzene rings is 2. The van der Waals surface area contributed by atoms with Crippen LogP contribution in [0.25, 0.3) is 0 Å². The number of halogens is 1. The zero-order chi connectivity index (χ0) is 16.7. The summed E-state index contributed by atoms with van der Waals surface area (Å²) in [5.74, 6) is 0.660. The summed E-state index contributed by atoms with van der Waals surface area (Å²) < 4.78 is 23.9. The highest BCUT2D eigenvalue weighted by atomic mass is 19.1.